The van der Waals surface area contributed by atoms with E-state index in [-0.39, 0.29) is 0 Å². The van der Waals surface area contributed by atoms with E-state index < -0.39 is 0 Å². The van der Waals surface area contributed by atoms with Gasteiger partial charge >= 0.3 is 0 Å². The van der Waals surface area contributed by atoms with Crippen molar-refractivity contribution in [2.75, 3.05) is 31.9 Å². The molecule has 0 bridgehead atoms. The third kappa shape index (κ3) is 6.44. The van der Waals surface area contributed by atoms with Crippen molar-refractivity contribution in [3.8, 4) is 0 Å². The van der Waals surface area contributed by atoms with E-state index in [2.05, 4.69) is 56.6 Å². The molecule has 108 valence electrons. The molecule has 0 aromatic heterocycles. The van der Waals surface area contributed by atoms with Gasteiger partial charge in [0.1, 0.15) is 0 Å². The molecule has 1 heterocycles. The van der Waals surface area contributed by atoms with Crippen LogP contribution in [0.5, 0.6) is 0 Å². The first-order valence-electron chi connectivity index (χ1n) is 7.49. The van der Waals surface area contributed by atoms with Crippen molar-refractivity contribution in [2.45, 2.75) is 58.2 Å². The number of thioether (sulfide) groups is 1. The van der Waals surface area contributed by atoms with Gasteiger partial charge in [-0.25, -0.2) is 0 Å². The van der Waals surface area contributed by atoms with Gasteiger partial charge in [0.2, 0.25) is 0 Å². The summed E-state index contributed by atoms with van der Waals surface area (Å²) >= 11 is 2.13. The van der Waals surface area contributed by atoms with Gasteiger partial charge < -0.3 is 5.32 Å². The number of rotatable bonds is 6. The molecule has 0 radical (unpaired) electrons. The maximum Gasteiger partial charge on any atom is 0.0192 e. The van der Waals surface area contributed by atoms with Crippen molar-refractivity contribution >= 4 is 11.8 Å². The van der Waals surface area contributed by atoms with Crippen LogP contribution in [0.2, 0.25) is 0 Å². The van der Waals surface area contributed by atoms with Crippen LogP contribution in [-0.4, -0.2) is 47.6 Å². The highest BCUT2D eigenvalue weighted by Gasteiger charge is 2.25. The van der Waals surface area contributed by atoms with E-state index in [9.17, 15) is 0 Å². The topological polar surface area (TPSA) is 15.3 Å². The van der Waals surface area contributed by atoms with Crippen LogP contribution in [0.4, 0.5) is 0 Å². The Morgan fingerprint density at radius 1 is 1.22 bits per heavy atom. The van der Waals surface area contributed by atoms with E-state index in [1.54, 1.807) is 0 Å². The number of hydrogen-bond donors (Lipinski definition) is 1. The highest BCUT2D eigenvalue weighted by molar-refractivity contribution is 8.00. The first-order chi connectivity index (χ1) is 8.41. The molecule has 0 amide bonds. The second kappa shape index (κ2) is 7.76. The molecule has 0 aromatic rings. The van der Waals surface area contributed by atoms with E-state index in [0.29, 0.717) is 10.8 Å². The van der Waals surface area contributed by atoms with Gasteiger partial charge in [-0.1, -0.05) is 27.7 Å². The standard InChI is InChI=1S/C15H32N2S/c1-13(2)6-8-16-12-14(3)17-9-7-15(4,5)18-11-10-17/h13-14,16H,6-12H2,1-5H3. The van der Waals surface area contributed by atoms with Gasteiger partial charge in [-0.05, 0) is 38.8 Å². The molecule has 0 saturated carbocycles. The molecule has 1 aliphatic rings. The summed E-state index contributed by atoms with van der Waals surface area (Å²) in [5.41, 5.74) is 0. The Kier molecular flexibility index (Phi) is 7.04. The third-order valence-corrected chi connectivity index (χ3v) is 5.21. The minimum atomic E-state index is 0.472. The summed E-state index contributed by atoms with van der Waals surface area (Å²) in [5, 5.41) is 3.61. The summed E-state index contributed by atoms with van der Waals surface area (Å²) in [6, 6.07) is 0.673. The molecule has 3 heteroatoms. The molecule has 2 nitrogen and oxygen atoms in total. The van der Waals surface area contributed by atoms with E-state index in [0.717, 1.165) is 19.0 Å². The molecular formula is C15H32N2S. The quantitative estimate of drug-likeness (QED) is 0.747. The number of nitrogens with one attached hydrogen (secondary N) is 1. The summed E-state index contributed by atoms with van der Waals surface area (Å²) in [6.07, 6.45) is 2.60. The average molecular weight is 273 g/mol. The average Bonchev–Trinajstić information content (AvgIpc) is 2.45. The summed E-state index contributed by atoms with van der Waals surface area (Å²) in [7, 11) is 0. The van der Waals surface area contributed by atoms with E-state index in [1.807, 2.05) is 0 Å². The predicted molar refractivity (Wildman–Crippen MR) is 84.5 cm³/mol. The molecule has 0 aliphatic carbocycles. The number of hydrogen-bond acceptors (Lipinski definition) is 3. The van der Waals surface area contributed by atoms with Crippen LogP contribution in [-0.2, 0) is 0 Å². The lowest BCUT2D eigenvalue weighted by Crippen LogP contribution is -2.42. The normalized spacial score (nSPS) is 23.0. The zero-order chi connectivity index (χ0) is 13.6. The molecule has 1 saturated heterocycles. The molecule has 18 heavy (non-hydrogen) atoms. The molecule has 1 unspecified atom stereocenters. The van der Waals surface area contributed by atoms with E-state index >= 15 is 0 Å². The second-order valence-electron chi connectivity index (χ2n) is 6.63. The maximum absolute atomic E-state index is 3.61. The molecule has 1 rings (SSSR count). The minimum Gasteiger partial charge on any atom is -0.315 e. The Bertz CT molecular complexity index is 229. The fraction of sp³-hybridized carbons (Fsp3) is 1.00. The van der Waals surface area contributed by atoms with Crippen molar-refractivity contribution in [2.24, 2.45) is 5.92 Å². The minimum absolute atomic E-state index is 0.472. The Labute approximate surface area is 118 Å². The highest BCUT2D eigenvalue weighted by Crippen LogP contribution is 2.31. The van der Waals surface area contributed by atoms with Gasteiger partial charge in [0.15, 0.2) is 0 Å². The summed E-state index contributed by atoms with van der Waals surface area (Å²) in [4.78, 5) is 2.66. The summed E-state index contributed by atoms with van der Waals surface area (Å²) in [5.74, 6) is 2.09. The predicted octanol–water partition coefficient (Wildman–Crippen LogP) is 3.23. The van der Waals surface area contributed by atoms with Crippen LogP contribution in [0.15, 0.2) is 0 Å². The monoisotopic (exact) mass is 272 g/mol. The number of nitrogens with zero attached hydrogens (tertiary/aromatic N) is 1. The van der Waals surface area contributed by atoms with Crippen LogP contribution >= 0.6 is 11.8 Å². The van der Waals surface area contributed by atoms with Gasteiger partial charge in [-0.2, -0.15) is 11.8 Å². The SMILES string of the molecule is CC(C)CCNCC(C)N1CCSC(C)(C)CC1. The second-order valence-corrected chi connectivity index (χ2v) is 8.43. The van der Waals surface area contributed by atoms with Crippen molar-refractivity contribution < 1.29 is 0 Å². The van der Waals surface area contributed by atoms with Crippen LogP contribution in [0.1, 0.15) is 47.5 Å². The van der Waals surface area contributed by atoms with Gasteiger partial charge in [0, 0.05) is 29.6 Å². The molecule has 0 spiro atoms. The van der Waals surface area contributed by atoms with Crippen LogP contribution in [0, 0.1) is 5.92 Å². The Balaban J connectivity index is 2.22. The van der Waals surface area contributed by atoms with Crippen molar-refractivity contribution in [1.29, 1.82) is 0 Å². The summed E-state index contributed by atoms with van der Waals surface area (Å²) in [6.45, 7) is 16.5. The Morgan fingerprint density at radius 2 is 1.94 bits per heavy atom. The highest BCUT2D eigenvalue weighted by atomic mass is 32.2. The molecule has 1 atom stereocenters. The van der Waals surface area contributed by atoms with Gasteiger partial charge in [-0.15, -0.1) is 0 Å². The maximum atomic E-state index is 3.61. The van der Waals surface area contributed by atoms with Gasteiger partial charge in [0.05, 0.1) is 0 Å². The Morgan fingerprint density at radius 3 is 2.61 bits per heavy atom. The van der Waals surface area contributed by atoms with E-state index in [1.165, 1.54) is 31.7 Å². The lowest BCUT2D eigenvalue weighted by Gasteiger charge is -2.28. The molecule has 1 fully saturated rings. The lowest BCUT2D eigenvalue weighted by atomic mass is 10.1. The molecule has 1 N–H and O–H groups in total. The van der Waals surface area contributed by atoms with Crippen LogP contribution in [0.25, 0.3) is 0 Å². The van der Waals surface area contributed by atoms with Crippen LogP contribution in [0.3, 0.4) is 0 Å². The van der Waals surface area contributed by atoms with Crippen molar-refractivity contribution in [3.63, 3.8) is 0 Å². The van der Waals surface area contributed by atoms with Crippen molar-refractivity contribution in [1.82, 2.24) is 10.2 Å². The molecule has 0 aromatic carbocycles. The zero-order valence-electron chi connectivity index (χ0n) is 13.0. The first kappa shape index (κ1) is 16.3. The summed E-state index contributed by atoms with van der Waals surface area (Å²) < 4.78 is 0.472. The smallest absolute Gasteiger partial charge is 0.0192 e. The van der Waals surface area contributed by atoms with Crippen LogP contribution < -0.4 is 5.32 Å². The third-order valence-electron chi connectivity index (χ3n) is 3.83. The lowest BCUT2D eigenvalue weighted by molar-refractivity contribution is 0.212. The molecule has 1 aliphatic heterocycles. The van der Waals surface area contributed by atoms with Gasteiger partial charge in [-0.3, -0.25) is 4.90 Å². The fourth-order valence-electron chi connectivity index (χ4n) is 2.31. The Hall–Kier alpha value is 0.270. The van der Waals surface area contributed by atoms with E-state index in [4.69, 9.17) is 0 Å². The first-order valence-corrected chi connectivity index (χ1v) is 8.48. The van der Waals surface area contributed by atoms with Gasteiger partial charge in [0.25, 0.3) is 0 Å². The fourth-order valence-corrected chi connectivity index (χ4v) is 3.42. The van der Waals surface area contributed by atoms with Crippen molar-refractivity contribution in [3.05, 3.63) is 0 Å². The molecular weight excluding hydrogens is 240 g/mol. The largest absolute Gasteiger partial charge is 0.315 e. The zero-order valence-corrected chi connectivity index (χ0v) is 13.8.